The molecule has 0 unspecified atom stereocenters. The summed E-state index contributed by atoms with van der Waals surface area (Å²) in [6.45, 7) is 5.80. The Morgan fingerprint density at radius 3 is 2.89 bits per heavy atom. The lowest BCUT2D eigenvalue weighted by molar-refractivity contribution is -0.132. The van der Waals surface area contributed by atoms with Crippen LogP contribution in [0.1, 0.15) is 12.0 Å². The van der Waals surface area contributed by atoms with Crippen molar-refractivity contribution < 1.29 is 9.53 Å². The summed E-state index contributed by atoms with van der Waals surface area (Å²) < 4.78 is 6.67. The molecule has 1 N–H and O–H groups in total. The van der Waals surface area contributed by atoms with Gasteiger partial charge in [0.05, 0.1) is 13.0 Å². The lowest BCUT2D eigenvalue weighted by Crippen LogP contribution is -2.46. The van der Waals surface area contributed by atoms with E-state index in [0.29, 0.717) is 13.0 Å². The van der Waals surface area contributed by atoms with Crippen LogP contribution in [0.4, 0.5) is 0 Å². The molecule has 1 heterocycles. The van der Waals surface area contributed by atoms with E-state index in [9.17, 15) is 4.79 Å². The van der Waals surface area contributed by atoms with Gasteiger partial charge in [-0.3, -0.25) is 4.79 Å². The van der Waals surface area contributed by atoms with Crippen LogP contribution in [0.3, 0.4) is 0 Å². The van der Waals surface area contributed by atoms with Crippen molar-refractivity contribution in [3.05, 3.63) is 28.2 Å². The van der Waals surface area contributed by atoms with Gasteiger partial charge in [0.15, 0.2) is 0 Å². The number of halogens is 1. The van der Waals surface area contributed by atoms with Crippen LogP contribution in [0, 0.1) is 6.92 Å². The number of carbonyl (C=O) groups excluding carboxylic acids is 1. The van der Waals surface area contributed by atoms with E-state index in [0.717, 1.165) is 42.0 Å². The van der Waals surface area contributed by atoms with Crippen molar-refractivity contribution in [2.24, 2.45) is 0 Å². The van der Waals surface area contributed by atoms with Crippen molar-refractivity contribution in [2.45, 2.75) is 13.3 Å². The zero-order chi connectivity index (χ0) is 13.7. The maximum absolute atomic E-state index is 11.9. The summed E-state index contributed by atoms with van der Waals surface area (Å²) in [6.07, 6.45) is 0.436. The number of rotatable bonds is 4. The fourth-order valence-corrected chi connectivity index (χ4v) is 2.39. The fraction of sp³-hybridized carbons (Fsp3) is 0.500. The highest BCUT2D eigenvalue weighted by atomic mass is 79.9. The van der Waals surface area contributed by atoms with Gasteiger partial charge >= 0.3 is 0 Å². The molecule has 0 radical (unpaired) electrons. The van der Waals surface area contributed by atoms with E-state index in [-0.39, 0.29) is 5.91 Å². The lowest BCUT2D eigenvalue weighted by Gasteiger charge is -2.27. The van der Waals surface area contributed by atoms with Gasteiger partial charge in [0.2, 0.25) is 5.91 Å². The zero-order valence-corrected chi connectivity index (χ0v) is 12.7. The molecule has 5 heteroatoms. The molecule has 4 nitrogen and oxygen atoms in total. The number of nitrogens with zero attached hydrogens (tertiary/aromatic N) is 1. The summed E-state index contributed by atoms with van der Waals surface area (Å²) >= 11 is 3.42. The normalized spacial score (nSPS) is 15.4. The third kappa shape index (κ3) is 4.21. The van der Waals surface area contributed by atoms with Crippen molar-refractivity contribution in [1.29, 1.82) is 0 Å². The Bertz CT molecular complexity index is 445. The molecule has 0 aliphatic carbocycles. The molecule has 1 aromatic carbocycles. The van der Waals surface area contributed by atoms with Crippen molar-refractivity contribution in [1.82, 2.24) is 10.2 Å². The Kier molecular flexibility index (Phi) is 5.22. The second kappa shape index (κ2) is 6.91. The fourth-order valence-electron chi connectivity index (χ4n) is 2.05. The Morgan fingerprint density at radius 2 is 2.16 bits per heavy atom. The van der Waals surface area contributed by atoms with E-state index in [4.69, 9.17) is 4.74 Å². The van der Waals surface area contributed by atoms with Gasteiger partial charge in [-0.05, 0) is 24.6 Å². The molecule has 1 aliphatic rings. The molecule has 1 saturated heterocycles. The average Bonchev–Trinajstić information content (AvgIpc) is 2.43. The number of ether oxygens (including phenoxy) is 1. The third-order valence-electron chi connectivity index (χ3n) is 3.19. The van der Waals surface area contributed by atoms with E-state index in [1.165, 1.54) is 0 Å². The van der Waals surface area contributed by atoms with Crippen LogP contribution in [0.5, 0.6) is 5.75 Å². The number of benzene rings is 1. The first-order chi connectivity index (χ1) is 9.16. The molecule has 0 bridgehead atoms. The van der Waals surface area contributed by atoms with Gasteiger partial charge in [-0.25, -0.2) is 0 Å². The molecule has 104 valence electrons. The predicted molar refractivity (Wildman–Crippen MR) is 78.4 cm³/mol. The molecule has 19 heavy (non-hydrogen) atoms. The summed E-state index contributed by atoms with van der Waals surface area (Å²) in [4.78, 5) is 13.8. The van der Waals surface area contributed by atoms with Gasteiger partial charge in [-0.1, -0.05) is 22.0 Å². The first-order valence-corrected chi connectivity index (χ1v) is 7.33. The van der Waals surface area contributed by atoms with Crippen LogP contribution in [-0.4, -0.2) is 43.6 Å². The second-order valence-corrected chi connectivity index (χ2v) is 5.55. The lowest BCUT2D eigenvalue weighted by atomic mass is 10.2. The number of amides is 1. The first kappa shape index (κ1) is 14.3. The van der Waals surface area contributed by atoms with Crippen molar-refractivity contribution in [3.8, 4) is 5.75 Å². The van der Waals surface area contributed by atoms with Crippen LogP contribution in [0.2, 0.25) is 0 Å². The molecule has 2 rings (SSSR count). The van der Waals surface area contributed by atoms with E-state index < -0.39 is 0 Å². The molecule has 0 saturated carbocycles. The predicted octanol–water partition coefficient (Wildman–Crippen LogP) is 1.96. The van der Waals surface area contributed by atoms with Crippen LogP contribution >= 0.6 is 15.9 Å². The summed E-state index contributed by atoms with van der Waals surface area (Å²) in [5.41, 5.74) is 1.08. The number of aryl methyl sites for hydroxylation is 1. The average molecular weight is 327 g/mol. The van der Waals surface area contributed by atoms with Crippen LogP contribution in [-0.2, 0) is 4.79 Å². The topological polar surface area (TPSA) is 41.6 Å². The quantitative estimate of drug-likeness (QED) is 0.919. The van der Waals surface area contributed by atoms with Gasteiger partial charge in [0, 0.05) is 30.7 Å². The molecule has 0 aromatic heterocycles. The highest BCUT2D eigenvalue weighted by molar-refractivity contribution is 9.10. The smallest absolute Gasteiger partial charge is 0.226 e. The van der Waals surface area contributed by atoms with Gasteiger partial charge in [-0.2, -0.15) is 0 Å². The molecule has 0 atom stereocenters. The Morgan fingerprint density at radius 1 is 1.42 bits per heavy atom. The Hall–Kier alpha value is -1.07. The molecule has 1 aliphatic heterocycles. The van der Waals surface area contributed by atoms with Gasteiger partial charge < -0.3 is 15.0 Å². The molecular weight excluding hydrogens is 308 g/mol. The van der Waals surface area contributed by atoms with E-state index >= 15 is 0 Å². The third-order valence-corrected chi connectivity index (χ3v) is 3.69. The molecule has 1 aromatic rings. The molecular formula is C14H19BrN2O2. The SMILES string of the molecule is Cc1ccc(Br)cc1OCCC(=O)N1CCNCC1. The molecule has 0 spiro atoms. The van der Waals surface area contributed by atoms with Gasteiger partial charge in [-0.15, -0.1) is 0 Å². The first-order valence-electron chi connectivity index (χ1n) is 6.54. The highest BCUT2D eigenvalue weighted by Crippen LogP contribution is 2.22. The zero-order valence-electron chi connectivity index (χ0n) is 11.1. The summed E-state index contributed by atoms with van der Waals surface area (Å²) in [6, 6.07) is 5.91. The van der Waals surface area contributed by atoms with Gasteiger partial charge in [0.1, 0.15) is 5.75 Å². The Balaban J connectivity index is 1.79. The molecule has 1 fully saturated rings. The second-order valence-electron chi connectivity index (χ2n) is 4.64. The largest absolute Gasteiger partial charge is 0.493 e. The number of hydrogen-bond acceptors (Lipinski definition) is 3. The molecule has 1 amide bonds. The van der Waals surface area contributed by atoms with E-state index in [1.54, 1.807) is 0 Å². The number of carbonyl (C=O) groups is 1. The number of piperazine rings is 1. The maximum atomic E-state index is 11.9. The van der Waals surface area contributed by atoms with E-state index in [2.05, 4.69) is 21.2 Å². The minimum Gasteiger partial charge on any atom is -0.493 e. The Labute approximate surface area is 122 Å². The van der Waals surface area contributed by atoms with Crippen LogP contribution in [0.15, 0.2) is 22.7 Å². The number of hydrogen-bond donors (Lipinski definition) is 1. The summed E-state index contributed by atoms with van der Waals surface area (Å²) in [5, 5.41) is 3.23. The minimum atomic E-state index is 0.175. The number of nitrogens with one attached hydrogen (secondary N) is 1. The van der Waals surface area contributed by atoms with Crippen molar-refractivity contribution in [3.63, 3.8) is 0 Å². The van der Waals surface area contributed by atoms with E-state index in [1.807, 2.05) is 30.0 Å². The standard InChI is InChI=1S/C14H19BrN2O2/c1-11-2-3-12(15)10-13(11)19-9-4-14(18)17-7-5-16-6-8-17/h2-3,10,16H,4-9H2,1H3. The maximum Gasteiger partial charge on any atom is 0.226 e. The van der Waals surface area contributed by atoms with Crippen molar-refractivity contribution in [2.75, 3.05) is 32.8 Å². The van der Waals surface area contributed by atoms with Crippen LogP contribution in [0.25, 0.3) is 0 Å². The van der Waals surface area contributed by atoms with Gasteiger partial charge in [0.25, 0.3) is 0 Å². The van der Waals surface area contributed by atoms with Crippen LogP contribution < -0.4 is 10.1 Å². The summed E-state index contributed by atoms with van der Waals surface area (Å²) in [7, 11) is 0. The highest BCUT2D eigenvalue weighted by Gasteiger charge is 2.15. The van der Waals surface area contributed by atoms with Crippen molar-refractivity contribution >= 4 is 21.8 Å². The minimum absolute atomic E-state index is 0.175. The monoisotopic (exact) mass is 326 g/mol. The summed E-state index contributed by atoms with van der Waals surface area (Å²) in [5.74, 6) is 1.01.